The number of aromatic nitrogens is 2. The Bertz CT molecular complexity index is 711. The predicted molar refractivity (Wildman–Crippen MR) is 88.5 cm³/mol. The Morgan fingerprint density at radius 1 is 1.26 bits per heavy atom. The minimum atomic E-state index is -0.432. The molecule has 7 heteroatoms. The van der Waals surface area contributed by atoms with Gasteiger partial charge in [-0.05, 0) is 50.9 Å². The maximum absolute atomic E-state index is 13.2. The molecule has 4 nitrogen and oxygen atoms in total. The number of benzene rings is 1. The van der Waals surface area contributed by atoms with Gasteiger partial charge in [-0.1, -0.05) is 28.0 Å². The van der Waals surface area contributed by atoms with E-state index in [0.29, 0.717) is 22.3 Å². The summed E-state index contributed by atoms with van der Waals surface area (Å²) in [6, 6.07) is 5.82. The largest absolute Gasteiger partial charge is 0.465 e. The fourth-order valence-electron chi connectivity index (χ4n) is 3.60. The average Bonchev–Trinajstić information content (AvgIpc) is 3.04. The van der Waals surface area contributed by atoms with Crippen molar-refractivity contribution in [2.24, 2.45) is 0 Å². The first kappa shape index (κ1) is 15.3. The second kappa shape index (κ2) is 6.00. The molecule has 2 aliphatic heterocycles. The Morgan fingerprint density at radius 3 is 2.70 bits per heavy atom. The Hall–Kier alpha value is -1.24. The van der Waals surface area contributed by atoms with Gasteiger partial charge in [-0.3, -0.25) is 0 Å². The zero-order chi connectivity index (χ0) is 16.0. The Morgan fingerprint density at radius 2 is 2.00 bits per heavy atom. The fourth-order valence-corrected chi connectivity index (χ4v) is 4.54. The van der Waals surface area contributed by atoms with E-state index in [1.54, 1.807) is 12.1 Å². The third-order valence-corrected chi connectivity index (χ3v) is 6.05. The fraction of sp³-hybridized carbons (Fsp3) is 0.500. The summed E-state index contributed by atoms with van der Waals surface area (Å²) in [5.41, 5.74) is 0.757. The highest BCUT2D eigenvalue weighted by molar-refractivity contribution is 7.16. The molecule has 2 unspecified atom stereocenters. The van der Waals surface area contributed by atoms with Crippen LogP contribution in [0.2, 0.25) is 5.02 Å². The molecule has 0 N–H and O–H groups in total. The molecule has 0 saturated carbocycles. The number of rotatable bonds is 3. The number of nitrogens with zero attached hydrogens (tertiary/aromatic N) is 3. The molecule has 0 amide bonds. The molecule has 23 heavy (non-hydrogen) atoms. The Kier molecular flexibility index (Phi) is 3.99. The van der Waals surface area contributed by atoms with Crippen LogP contribution < -0.4 is 4.74 Å². The normalized spacial score (nSPS) is 27.3. The van der Waals surface area contributed by atoms with Crippen LogP contribution >= 0.6 is 22.9 Å². The smallest absolute Gasteiger partial charge is 0.294 e. The van der Waals surface area contributed by atoms with Gasteiger partial charge in [-0.25, -0.2) is 4.39 Å². The molecule has 3 heterocycles. The second-order valence-electron chi connectivity index (χ2n) is 6.26. The lowest BCUT2D eigenvalue weighted by atomic mass is 10.0. The van der Waals surface area contributed by atoms with Crippen molar-refractivity contribution in [2.45, 2.75) is 43.9 Å². The van der Waals surface area contributed by atoms with Crippen LogP contribution in [-0.2, 0) is 0 Å². The van der Waals surface area contributed by atoms with Gasteiger partial charge in [0.25, 0.3) is 5.19 Å². The van der Waals surface area contributed by atoms with Crippen LogP contribution in [-0.4, -0.2) is 40.3 Å². The summed E-state index contributed by atoms with van der Waals surface area (Å²) in [5.74, 6) is -0.432. The quantitative estimate of drug-likeness (QED) is 0.836. The lowest BCUT2D eigenvalue weighted by molar-refractivity contribution is 0.0655. The van der Waals surface area contributed by atoms with Crippen molar-refractivity contribution in [3.63, 3.8) is 0 Å². The van der Waals surface area contributed by atoms with E-state index in [9.17, 15) is 4.39 Å². The van der Waals surface area contributed by atoms with Crippen molar-refractivity contribution in [1.82, 2.24) is 15.1 Å². The van der Waals surface area contributed by atoms with Crippen LogP contribution in [0.4, 0.5) is 4.39 Å². The van der Waals surface area contributed by atoms with Crippen LogP contribution in [0.1, 0.15) is 25.7 Å². The van der Waals surface area contributed by atoms with E-state index in [0.717, 1.165) is 18.4 Å². The van der Waals surface area contributed by atoms with Gasteiger partial charge in [-0.2, -0.15) is 0 Å². The lowest BCUT2D eigenvalue weighted by Crippen LogP contribution is -2.43. The van der Waals surface area contributed by atoms with Gasteiger partial charge >= 0.3 is 0 Å². The molecule has 2 fully saturated rings. The molecule has 4 rings (SSSR count). The molecule has 0 spiro atoms. The highest BCUT2D eigenvalue weighted by Crippen LogP contribution is 2.37. The first-order valence-corrected chi connectivity index (χ1v) is 8.97. The Balaban J connectivity index is 1.47. The van der Waals surface area contributed by atoms with E-state index >= 15 is 0 Å². The Labute approximate surface area is 143 Å². The summed E-state index contributed by atoms with van der Waals surface area (Å²) in [4.78, 5) is 2.48. The van der Waals surface area contributed by atoms with Crippen LogP contribution in [0, 0.1) is 5.82 Å². The first-order chi connectivity index (χ1) is 11.1. The number of piperidine rings is 1. The van der Waals surface area contributed by atoms with Gasteiger partial charge in [0.2, 0.25) is 0 Å². The van der Waals surface area contributed by atoms with Crippen molar-refractivity contribution in [2.75, 3.05) is 7.05 Å². The minimum Gasteiger partial charge on any atom is -0.465 e. The molecule has 1 aromatic carbocycles. The SMILES string of the molecule is CN1C2CC[C@H]1CC(Oc1nnc(-c3ccc(F)c(Cl)c3)s1)C2. The zero-order valence-corrected chi connectivity index (χ0v) is 14.3. The van der Waals surface area contributed by atoms with E-state index in [1.807, 2.05) is 0 Å². The van der Waals surface area contributed by atoms with E-state index in [1.165, 1.54) is 30.2 Å². The van der Waals surface area contributed by atoms with Crippen LogP contribution in [0.5, 0.6) is 5.19 Å². The number of fused-ring (bicyclic) bond motifs is 2. The molecular formula is C16H17ClFN3OS. The molecule has 3 atom stereocenters. The van der Waals surface area contributed by atoms with Crippen molar-refractivity contribution in [1.29, 1.82) is 0 Å². The van der Waals surface area contributed by atoms with Gasteiger partial charge in [-0.15, -0.1) is 5.10 Å². The van der Waals surface area contributed by atoms with E-state index in [-0.39, 0.29) is 11.1 Å². The van der Waals surface area contributed by atoms with Gasteiger partial charge in [0.1, 0.15) is 11.9 Å². The third-order valence-electron chi connectivity index (χ3n) is 4.90. The first-order valence-electron chi connectivity index (χ1n) is 7.77. The van der Waals surface area contributed by atoms with Gasteiger partial charge < -0.3 is 9.64 Å². The van der Waals surface area contributed by atoms with Crippen molar-refractivity contribution >= 4 is 22.9 Å². The van der Waals surface area contributed by atoms with Gasteiger partial charge in [0.15, 0.2) is 5.01 Å². The summed E-state index contributed by atoms with van der Waals surface area (Å²) in [7, 11) is 2.21. The number of hydrogen-bond acceptors (Lipinski definition) is 5. The predicted octanol–water partition coefficient (Wildman–Crippen LogP) is 4.00. The molecule has 2 saturated heterocycles. The molecule has 2 bridgehead atoms. The number of hydrogen-bond donors (Lipinski definition) is 0. The molecule has 0 aliphatic carbocycles. The highest BCUT2D eigenvalue weighted by atomic mass is 35.5. The monoisotopic (exact) mass is 353 g/mol. The van der Waals surface area contributed by atoms with E-state index in [4.69, 9.17) is 16.3 Å². The van der Waals surface area contributed by atoms with Gasteiger partial charge in [0.05, 0.1) is 5.02 Å². The zero-order valence-electron chi connectivity index (χ0n) is 12.7. The molecule has 2 aromatic rings. The maximum Gasteiger partial charge on any atom is 0.294 e. The molecule has 2 aliphatic rings. The van der Waals surface area contributed by atoms with Gasteiger partial charge in [0, 0.05) is 17.6 Å². The average molecular weight is 354 g/mol. The molecule has 122 valence electrons. The summed E-state index contributed by atoms with van der Waals surface area (Å²) < 4.78 is 19.3. The standard InChI is InChI=1S/C16H17ClFN3OS/c1-21-10-3-4-11(21)8-12(7-10)22-16-20-19-15(23-16)9-2-5-14(18)13(17)6-9/h2,5-6,10-12H,3-4,7-8H2,1H3/t10-,11?,12?/m0/s1. The van der Waals surface area contributed by atoms with Crippen molar-refractivity contribution in [3.8, 4) is 15.8 Å². The highest BCUT2D eigenvalue weighted by Gasteiger charge is 2.39. The van der Waals surface area contributed by atoms with Crippen LogP contribution in [0.3, 0.4) is 0 Å². The lowest BCUT2D eigenvalue weighted by Gasteiger charge is -2.35. The van der Waals surface area contributed by atoms with E-state index in [2.05, 4.69) is 22.1 Å². The minimum absolute atomic E-state index is 0.0899. The van der Waals surface area contributed by atoms with Crippen LogP contribution in [0.25, 0.3) is 10.6 Å². The van der Waals surface area contributed by atoms with Crippen molar-refractivity contribution in [3.05, 3.63) is 29.0 Å². The van der Waals surface area contributed by atoms with Crippen molar-refractivity contribution < 1.29 is 9.13 Å². The summed E-state index contributed by atoms with van der Waals surface area (Å²) in [6.07, 6.45) is 4.82. The number of ether oxygens (including phenoxy) is 1. The second-order valence-corrected chi connectivity index (χ2v) is 7.61. The third kappa shape index (κ3) is 2.95. The summed E-state index contributed by atoms with van der Waals surface area (Å²) in [6.45, 7) is 0. The summed E-state index contributed by atoms with van der Waals surface area (Å²) >= 11 is 7.20. The van der Waals surface area contributed by atoms with Crippen LogP contribution in [0.15, 0.2) is 18.2 Å². The molecule has 0 radical (unpaired) electrons. The van der Waals surface area contributed by atoms with E-state index < -0.39 is 5.82 Å². The number of halogens is 2. The maximum atomic E-state index is 13.2. The molecule has 1 aromatic heterocycles. The summed E-state index contributed by atoms with van der Waals surface area (Å²) in [5, 5.41) is 9.63. The topological polar surface area (TPSA) is 38.2 Å². The molecular weight excluding hydrogens is 337 g/mol.